The van der Waals surface area contributed by atoms with Crippen molar-refractivity contribution in [3.05, 3.63) is 0 Å². The SMILES string of the molecule is O=C(Cl)C(O)(O)Cl. The monoisotopic (exact) mass is 144 g/mol. The molecule has 0 saturated heterocycles. The maximum absolute atomic E-state index is 9.60. The van der Waals surface area contributed by atoms with Crippen molar-refractivity contribution >= 4 is 28.4 Å². The van der Waals surface area contributed by atoms with E-state index in [0.29, 0.717) is 0 Å². The smallest absolute Gasteiger partial charge is 0.321 e. The summed E-state index contributed by atoms with van der Waals surface area (Å²) >= 11 is 8.98. The summed E-state index contributed by atoms with van der Waals surface area (Å²) in [5.41, 5.74) is 0. The average Bonchev–Trinajstić information content (AvgIpc) is 1.31. The first-order chi connectivity index (χ1) is 2.94. The summed E-state index contributed by atoms with van der Waals surface area (Å²) in [6, 6.07) is 0. The fraction of sp³-hybridized carbons (Fsp3) is 0.500. The van der Waals surface area contributed by atoms with Crippen LogP contribution in [-0.2, 0) is 4.79 Å². The Bertz CT molecular complexity index is 83.4. The molecule has 0 aliphatic heterocycles. The van der Waals surface area contributed by atoms with Gasteiger partial charge < -0.3 is 10.2 Å². The fourth-order valence-electron chi connectivity index (χ4n) is 0. The largest absolute Gasteiger partial charge is 0.346 e. The summed E-state index contributed by atoms with van der Waals surface area (Å²) in [6.45, 7) is 0. The Morgan fingerprint density at radius 3 is 1.71 bits per heavy atom. The summed E-state index contributed by atoms with van der Waals surface area (Å²) in [7, 11) is 0. The molecule has 0 radical (unpaired) electrons. The molecular weight excluding hydrogens is 143 g/mol. The number of rotatable bonds is 1. The highest BCUT2D eigenvalue weighted by Gasteiger charge is 2.27. The third-order valence-corrected chi connectivity index (χ3v) is 0.782. The Hall–Kier alpha value is 0.170. The third kappa shape index (κ3) is 2.82. The van der Waals surface area contributed by atoms with Gasteiger partial charge in [-0.15, -0.1) is 0 Å². The molecule has 42 valence electrons. The molecule has 0 aromatic heterocycles. The molecule has 0 aromatic rings. The summed E-state index contributed by atoms with van der Waals surface area (Å²) in [6.07, 6.45) is 0. The average molecular weight is 145 g/mol. The van der Waals surface area contributed by atoms with Crippen LogP contribution in [0, 0.1) is 0 Å². The van der Waals surface area contributed by atoms with Crippen LogP contribution in [0.3, 0.4) is 0 Å². The minimum absolute atomic E-state index is 1.41. The molecule has 0 heterocycles. The quantitative estimate of drug-likeness (QED) is 0.300. The van der Waals surface area contributed by atoms with E-state index < -0.39 is 10.5 Å². The molecule has 0 fully saturated rings. The first-order valence-corrected chi connectivity index (χ1v) is 2.04. The molecule has 0 atom stereocenters. The van der Waals surface area contributed by atoms with Gasteiger partial charge in [0.2, 0.25) is 0 Å². The van der Waals surface area contributed by atoms with Crippen LogP contribution in [0.2, 0.25) is 0 Å². The van der Waals surface area contributed by atoms with Gasteiger partial charge in [-0.1, -0.05) is 0 Å². The van der Waals surface area contributed by atoms with Gasteiger partial charge in [0, 0.05) is 0 Å². The van der Waals surface area contributed by atoms with Crippen molar-refractivity contribution < 1.29 is 15.0 Å². The summed E-state index contributed by atoms with van der Waals surface area (Å²) in [5.74, 6) is 0. The molecule has 0 aromatic carbocycles. The molecular formula is C2H2Cl2O3. The molecule has 0 aliphatic rings. The number of hydrogen-bond acceptors (Lipinski definition) is 3. The maximum Gasteiger partial charge on any atom is 0.321 e. The van der Waals surface area contributed by atoms with Gasteiger partial charge >= 0.3 is 5.25 Å². The van der Waals surface area contributed by atoms with Crippen molar-refractivity contribution in [2.45, 2.75) is 5.25 Å². The van der Waals surface area contributed by atoms with Gasteiger partial charge in [-0.05, 0) is 23.2 Å². The first-order valence-electron chi connectivity index (χ1n) is 1.28. The Morgan fingerprint density at radius 1 is 1.57 bits per heavy atom. The van der Waals surface area contributed by atoms with Crippen LogP contribution in [-0.4, -0.2) is 20.7 Å². The van der Waals surface area contributed by atoms with Gasteiger partial charge in [-0.2, -0.15) is 0 Å². The van der Waals surface area contributed by atoms with E-state index in [9.17, 15) is 4.79 Å². The number of carbonyl (C=O) groups excluding carboxylic acids is 1. The topological polar surface area (TPSA) is 57.5 Å². The predicted octanol–water partition coefficient (Wildman–Crippen LogP) is -0.371. The molecule has 5 heteroatoms. The maximum atomic E-state index is 9.60. The van der Waals surface area contributed by atoms with Gasteiger partial charge in [0.1, 0.15) is 0 Å². The minimum atomic E-state index is -2.90. The second-order valence-corrected chi connectivity index (χ2v) is 1.73. The van der Waals surface area contributed by atoms with Crippen LogP contribution in [0.4, 0.5) is 0 Å². The minimum Gasteiger partial charge on any atom is -0.346 e. The van der Waals surface area contributed by atoms with Gasteiger partial charge in [0.05, 0.1) is 0 Å². The number of hydrogen-bond donors (Lipinski definition) is 2. The van der Waals surface area contributed by atoms with E-state index in [4.69, 9.17) is 10.2 Å². The van der Waals surface area contributed by atoms with Crippen LogP contribution < -0.4 is 0 Å². The van der Waals surface area contributed by atoms with E-state index >= 15 is 0 Å². The molecule has 3 nitrogen and oxygen atoms in total. The highest BCUT2D eigenvalue weighted by Crippen LogP contribution is 2.08. The molecule has 7 heavy (non-hydrogen) atoms. The molecule has 2 N–H and O–H groups in total. The normalized spacial score (nSPS) is 11.4. The van der Waals surface area contributed by atoms with Gasteiger partial charge in [0.25, 0.3) is 5.24 Å². The molecule has 0 rings (SSSR count). The van der Waals surface area contributed by atoms with Gasteiger partial charge in [-0.25, -0.2) is 0 Å². The van der Waals surface area contributed by atoms with E-state index in [1.807, 2.05) is 0 Å². The van der Waals surface area contributed by atoms with E-state index in [1.54, 1.807) is 0 Å². The standard InChI is InChI=1S/C2H2Cl2O3/c3-1(5)2(4,6)7/h6-7H. The number of alkyl halides is 1. The Morgan fingerprint density at radius 2 is 1.71 bits per heavy atom. The summed E-state index contributed by atoms with van der Waals surface area (Å²) in [4.78, 5) is 9.60. The first kappa shape index (κ1) is 7.17. The number of halogens is 2. The van der Waals surface area contributed by atoms with Crippen molar-refractivity contribution in [3.63, 3.8) is 0 Å². The Kier molecular flexibility index (Phi) is 2.01. The van der Waals surface area contributed by atoms with Crippen LogP contribution in [0.5, 0.6) is 0 Å². The zero-order chi connectivity index (χ0) is 6.08. The van der Waals surface area contributed by atoms with Crippen LogP contribution in [0.1, 0.15) is 0 Å². The summed E-state index contributed by atoms with van der Waals surface area (Å²) in [5, 5.41) is 11.6. The molecule has 0 amide bonds. The second kappa shape index (κ2) is 1.96. The van der Waals surface area contributed by atoms with Crippen molar-refractivity contribution in [1.82, 2.24) is 0 Å². The van der Waals surface area contributed by atoms with Gasteiger partial charge in [0.15, 0.2) is 0 Å². The van der Waals surface area contributed by atoms with E-state index in [-0.39, 0.29) is 0 Å². The van der Waals surface area contributed by atoms with Crippen LogP contribution >= 0.6 is 23.2 Å². The lowest BCUT2D eigenvalue weighted by Crippen LogP contribution is -2.26. The van der Waals surface area contributed by atoms with Crippen LogP contribution in [0.15, 0.2) is 0 Å². The molecule has 0 spiro atoms. The fourth-order valence-corrected chi connectivity index (χ4v) is 0. The zero-order valence-electron chi connectivity index (χ0n) is 3.06. The van der Waals surface area contributed by atoms with Gasteiger partial charge in [-0.3, -0.25) is 4.79 Å². The third-order valence-electron chi connectivity index (χ3n) is 0.250. The zero-order valence-corrected chi connectivity index (χ0v) is 4.57. The van der Waals surface area contributed by atoms with E-state index in [1.165, 1.54) is 0 Å². The molecule has 0 saturated carbocycles. The number of carbonyl (C=O) groups is 1. The predicted molar refractivity (Wildman–Crippen MR) is 23.9 cm³/mol. The van der Waals surface area contributed by atoms with E-state index in [2.05, 4.69) is 23.2 Å². The van der Waals surface area contributed by atoms with Crippen molar-refractivity contribution in [2.24, 2.45) is 0 Å². The van der Waals surface area contributed by atoms with E-state index in [0.717, 1.165) is 0 Å². The lowest BCUT2D eigenvalue weighted by Gasteiger charge is -2.02. The Labute approximate surface area is 49.5 Å². The van der Waals surface area contributed by atoms with Crippen molar-refractivity contribution in [2.75, 3.05) is 0 Å². The number of aliphatic hydroxyl groups is 2. The second-order valence-electron chi connectivity index (χ2n) is 0.861. The highest BCUT2D eigenvalue weighted by atomic mass is 35.5. The van der Waals surface area contributed by atoms with Crippen LogP contribution in [0.25, 0.3) is 0 Å². The highest BCUT2D eigenvalue weighted by molar-refractivity contribution is 6.69. The molecule has 0 unspecified atom stereocenters. The molecule has 0 bridgehead atoms. The van der Waals surface area contributed by atoms with Crippen molar-refractivity contribution in [1.29, 1.82) is 0 Å². The Balaban J connectivity index is 3.79. The van der Waals surface area contributed by atoms with Crippen molar-refractivity contribution in [3.8, 4) is 0 Å². The lowest BCUT2D eigenvalue weighted by molar-refractivity contribution is -0.146. The lowest BCUT2D eigenvalue weighted by atomic mass is 10.7. The summed E-state index contributed by atoms with van der Waals surface area (Å²) < 4.78 is 0. The molecule has 0 aliphatic carbocycles.